The summed E-state index contributed by atoms with van der Waals surface area (Å²) in [6.07, 6.45) is 0. The first-order valence-corrected chi connectivity index (χ1v) is 16.8. The molecule has 0 saturated heterocycles. The number of benzene rings is 6. The molecule has 8 nitrogen and oxygen atoms in total. The van der Waals surface area contributed by atoms with Gasteiger partial charge in [-0.15, -0.1) is 0 Å². The van der Waals surface area contributed by atoms with Crippen molar-refractivity contribution in [3.8, 4) is 0 Å². The Balaban J connectivity index is 0.000000120. The molecule has 0 unspecified atom stereocenters. The van der Waals surface area contributed by atoms with Gasteiger partial charge in [-0.05, 0) is 78.7 Å². The second kappa shape index (κ2) is 14.6. The number of aliphatic hydroxyl groups is 1. The minimum absolute atomic E-state index is 0.0927. The molecule has 0 aliphatic rings. The number of hydrogen-bond donors (Lipinski definition) is 4. The molecule has 0 aliphatic carbocycles. The van der Waals surface area contributed by atoms with Crippen LogP contribution in [0.5, 0.6) is 0 Å². The van der Waals surface area contributed by atoms with Gasteiger partial charge in [-0.25, -0.2) is 4.79 Å². The third kappa shape index (κ3) is 7.04. The third-order valence-corrected chi connectivity index (χ3v) is 8.78. The van der Waals surface area contributed by atoms with Gasteiger partial charge in [-0.3, -0.25) is 4.79 Å². The monoisotopic (exact) mass is 675 g/mol. The highest BCUT2D eigenvalue weighted by Gasteiger charge is 2.10. The molecule has 0 aliphatic heterocycles. The molecule has 4 N–H and O–H groups in total. The van der Waals surface area contributed by atoms with Gasteiger partial charge < -0.3 is 29.5 Å². The van der Waals surface area contributed by atoms with E-state index in [1.165, 1.54) is 23.1 Å². The van der Waals surface area contributed by atoms with Crippen LogP contribution in [0.15, 0.2) is 127 Å². The minimum Gasteiger partial charge on any atom is -0.462 e. The number of carbonyl (C=O) groups is 2. The molecule has 9 aromatic rings. The molecule has 9 rings (SSSR count). The van der Waals surface area contributed by atoms with E-state index in [4.69, 9.17) is 14.6 Å². The molecular formula is C43H37N3O5. The van der Waals surface area contributed by atoms with Gasteiger partial charge in [0.05, 0.1) is 18.8 Å². The van der Waals surface area contributed by atoms with Crippen LogP contribution in [0.25, 0.3) is 65.4 Å². The first-order chi connectivity index (χ1) is 24.9. The van der Waals surface area contributed by atoms with Crippen molar-refractivity contribution in [3.63, 3.8) is 0 Å². The number of aromatic amines is 3. The van der Waals surface area contributed by atoms with Crippen molar-refractivity contribution < 1.29 is 24.2 Å². The van der Waals surface area contributed by atoms with Crippen molar-refractivity contribution in [2.24, 2.45) is 0 Å². The van der Waals surface area contributed by atoms with E-state index in [1.54, 1.807) is 6.07 Å². The molecule has 254 valence electrons. The fraction of sp³-hybridized carbons (Fsp3) is 0.116. The van der Waals surface area contributed by atoms with Crippen LogP contribution in [0.2, 0.25) is 0 Å². The highest BCUT2D eigenvalue weighted by molar-refractivity contribution is 6.10. The van der Waals surface area contributed by atoms with Crippen molar-refractivity contribution in [2.75, 3.05) is 6.61 Å². The quantitative estimate of drug-likeness (QED) is 0.135. The summed E-state index contributed by atoms with van der Waals surface area (Å²) in [6.45, 7) is 4.04. The van der Waals surface area contributed by atoms with Crippen LogP contribution in [0.1, 0.15) is 35.3 Å². The largest absolute Gasteiger partial charge is 0.462 e. The molecule has 0 spiro atoms. The molecule has 8 heteroatoms. The first kappa shape index (κ1) is 33.1. The molecule has 51 heavy (non-hydrogen) atoms. The van der Waals surface area contributed by atoms with Crippen LogP contribution in [-0.4, -0.2) is 38.6 Å². The fourth-order valence-corrected chi connectivity index (χ4v) is 6.35. The number of hydrogen-bond acceptors (Lipinski definition) is 5. The van der Waals surface area contributed by atoms with Gasteiger partial charge in [-0.2, -0.15) is 0 Å². The lowest BCUT2D eigenvalue weighted by Gasteiger charge is -2.02. The van der Waals surface area contributed by atoms with Gasteiger partial charge in [0, 0.05) is 72.3 Å². The summed E-state index contributed by atoms with van der Waals surface area (Å²) in [7, 11) is 0. The minimum atomic E-state index is -0.273. The number of para-hydroxylation sites is 3. The summed E-state index contributed by atoms with van der Waals surface area (Å²) in [5.41, 5.74) is 9.14. The van der Waals surface area contributed by atoms with Crippen molar-refractivity contribution in [1.82, 2.24) is 15.0 Å². The first-order valence-electron chi connectivity index (χ1n) is 16.8. The number of fused-ring (bicyclic) bond motifs is 9. The molecule has 3 heterocycles. The Bertz CT molecular complexity index is 2660. The summed E-state index contributed by atoms with van der Waals surface area (Å²) in [5.74, 6) is -0.529. The Morgan fingerprint density at radius 3 is 1.45 bits per heavy atom. The zero-order valence-corrected chi connectivity index (χ0v) is 28.3. The molecule has 0 atom stereocenters. The summed E-state index contributed by atoms with van der Waals surface area (Å²) in [5, 5.41) is 16.0. The molecular weight excluding hydrogens is 638 g/mol. The number of nitrogens with one attached hydrogen (secondary N) is 3. The number of carbonyl (C=O) groups excluding carboxylic acids is 2. The van der Waals surface area contributed by atoms with Crippen molar-refractivity contribution >= 4 is 77.4 Å². The van der Waals surface area contributed by atoms with Gasteiger partial charge in [0.2, 0.25) is 0 Å². The molecule has 0 saturated carbocycles. The lowest BCUT2D eigenvalue weighted by atomic mass is 10.1. The van der Waals surface area contributed by atoms with Crippen molar-refractivity contribution in [1.29, 1.82) is 0 Å². The SMILES string of the molecule is CC(=O)OCc1ccc2[nH]c3ccccc3c2c1.CCOC(=O)c1ccc2[nH]c3ccccc3c2c1.OCc1ccc2[nH]c3ccccc3c2c1. The summed E-state index contributed by atoms with van der Waals surface area (Å²) in [4.78, 5) is 32.6. The molecule has 6 aromatic carbocycles. The zero-order valence-electron chi connectivity index (χ0n) is 28.3. The maximum Gasteiger partial charge on any atom is 0.338 e. The Morgan fingerprint density at radius 1 is 0.529 bits per heavy atom. The number of esters is 2. The van der Waals surface area contributed by atoms with Gasteiger partial charge in [0.1, 0.15) is 6.61 Å². The standard InChI is InChI=1S/2C15H13NO2.C13H11NO/c1-10(17)18-9-11-6-7-15-13(8-11)12-4-2-3-5-14(12)16-15;1-2-18-15(17)10-7-8-14-12(9-10)11-5-3-4-6-13(11)16-14;15-8-9-5-6-13-11(7-9)10-3-1-2-4-12(10)14-13/h2-8,16H,9H2,1H3;3-9,16H,2H2,1H3;1-7,14-15H,8H2. The average Bonchev–Trinajstić information content (AvgIpc) is 3.85. The van der Waals surface area contributed by atoms with E-state index < -0.39 is 0 Å². The zero-order chi connectivity index (χ0) is 35.3. The van der Waals surface area contributed by atoms with E-state index in [0.717, 1.165) is 60.4 Å². The topological polar surface area (TPSA) is 120 Å². The van der Waals surface area contributed by atoms with Crippen LogP contribution in [0, 0.1) is 0 Å². The molecule has 0 amide bonds. The highest BCUT2D eigenvalue weighted by atomic mass is 16.5. The second-order valence-corrected chi connectivity index (χ2v) is 12.2. The van der Waals surface area contributed by atoms with E-state index in [0.29, 0.717) is 18.8 Å². The van der Waals surface area contributed by atoms with Gasteiger partial charge >= 0.3 is 11.9 Å². The van der Waals surface area contributed by atoms with Crippen LogP contribution in [0.3, 0.4) is 0 Å². The summed E-state index contributed by atoms with van der Waals surface area (Å²) < 4.78 is 10.0. The lowest BCUT2D eigenvalue weighted by Crippen LogP contribution is -2.03. The molecule has 0 radical (unpaired) electrons. The fourth-order valence-electron chi connectivity index (χ4n) is 6.35. The van der Waals surface area contributed by atoms with Crippen molar-refractivity contribution in [3.05, 3.63) is 144 Å². The van der Waals surface area contributed by atoms with Gasteiger partial charge in [0.15, 0.2) is 0 Å². The average molecular weight is 676 g/mol. The van der Waals surface area contributed by atoms with E-state index >= 15 is 0 Å². The van der Waals surface area contributed by atoms with E-state index in [2.05, 4.69) is 45.3 Å². The maximum atomic E-state index is 11.7. The van der Waals surface area contributed by atoms with Crippen LogP contribution in [-0.2, 0) is 27.5 Å². The Kier molecular flexibility index (Phi) is 9.50. The van der Waals surface area contributed by atoms with Crippen LogP contribution < -0.4 is 0 Å². The second-order valence-electron chi connectivity index (χ2n) is 12.2. The highest BCUT2D eigenvalue weighted by Crippen LogP contribution is 2.28. The number of ether oxygens (including phenoxy) is 2. The van der Waals surface area contributed by atoms with Gasteiger partial charge in [-0.1, -0.05) is 66.7 Å². The van der Waals surface area contributed by atoms with E-state index in [1.807, 2.05) is 97.9 Å². The predicted molar refractivity (Wildman–Crippen MR) is 205 cm³/mol. The van der Waals surface area contributed by atoms with Crippen LogP contribution >= 0.6 is 0 Å². The molecule has 3 aromatic heterocycles. The van der Waals surface area contributed by atoms with Crippen LogP contribution in [0.4, 0.5) is 0 Å². The van der Waals surface area contributed by atoms with E-state index in [-0.39, 0.29) is 18.5 Å². The Labute approximate surface area is 293 Å². The number of rotatable bonds is 5. The third-order valence-electron chi connectivity index (χ3n) is 8.78. The normalized spacial score (nSPS) is 11.0. The predicted octanol–water partition coefficient (Wildman–Crippen LogP) is 9.70. The number of H-pyrrole nitrogens is 3. The summed E-state index contributed by atoms with van der Waals surface area (Å²) in [6, 6.07) is 42.1. The summed E-state index contributed by atoms with van der Waals surface area (Å²) >= 11 is 0. The Hall–Kier alpha value is -6.38. The smallest absolute Gasteiger partial charge is 0.338 e. The van der Waals surface area contributed by atoms with E-state index in [9.17, 15) is 9.59 Å². The molecule has 0 fully saturated rings. The van der Waals surface area contributed by atoms with Crippen molar-refractivity contribution in [2.45, 2.75) is 27.1 Å². The van der Waals surface area contributed by atoms with Gasteiger partial charge in [0.25, 0.3) is 0 Å². The lowest BCUT2D eigenvalue weighted by molar-refractivity contribution is -0.142. The maximum absolute atomic E-state index is 11.7. The number of aliphatic hydroxyl groups excluding tert-OH is 1. The molecule has 0 bridgehead atoms. The Morgan fingerprint density at radius 2 is 0.961 bits per heavy atom. The number of aromatic nitrogens is 3.